The predicted molar refractivity (Wildman–Crippen MR) is 102 cm³/mol. The molecule has 0 aromatic heterocycles. The summed E-state index contributed by atoms with van der Waals surface area (Å²) in [5, 5.41) is 18.4. The Morgan fingerprint density at radius 3 is 1.67 bits per heavy atom. The maximum absolute atomic E-state index is 10.8. The van der Waals surface area contributed by atoms with E-state index in [0.717, 1.165) is 19.3 Å². The molecule has 0 rings (SSSR count). The molecule has 0 heterocycles. The summed E-state index contributed by atoms with van der Waals surface area (Å²) < 4.78 is 0. The molecule has 0 aromatic rings. The van der Waals surface area contributed by atoms with Gasteiger partial charge >= 0.3 is 5.97 Å². The highest BCUT2D eigenvalue weighted by Gasteiger charge is 2.28. The van der Waals surface area contributed by atoms with Crippen molar-refractivity contribution >= 4 is 5.97 Å². The van der Waals surface area contributed by atoms with Crippen molar-refractivity contribution in [2.45, 2.75) is 116 Å². The first-order chi connectivity index (χ1) is 11.5. The second-order valence-electron chi connectivity index (χ2n) is 7.27. The largest absolute Gasteiger partial charge is 0.479 e. The number of unbranched alkanes of at least 4 members (excludes halogenated alkanes) is 12. The molecule has 0 aliphatic heterocycles. The second kappa shape index (κ2) is 15.7. The van der Waals surface area contributed by atoms with Gasteiger partial charge in [0.05, 0.1) is 0 Å². The molecule has 0 aliphatic carbocycles. The molecule has 24 heavy (non-hydrogen) atoms. The van der Waals surface area contributed by atoms with Crippen LogP contribution in [-0.2, 0) is 4.79 Å². The fourth-order valence-corrected chi connectivity index (χ4v) is 2.82. The van der Waals surface area contributed by atoms with Gasteiger partial charge in [0.25, 0.3) is 0 Å². The van der Waals surface area contributed by atoms with Crippen molar-refractivity contribution < 1.29 is 15.0 Å². The van der Waals surface area contributed by atoms with Gasteiger partial charge in [0.2, 0.25) is 0 Å². The molecule has 142 valence electrons. The molecule has 1 unspecified atom stereocenters. The average Bonchev–Trinajstić information content (AvgIpc) is 2.54. The van der Waals surface area contributed by atoms with Gasteiger partial charge in [-0.15, -0.1) is 0 Å². The third-order valence-electron chi connectivity index (χ3n) is 4.64. The number of aliphatic carboxylic acids is 1. The van der Waals surface area contributed by atoms with Crippen LogP contribution in [0.2, 0.25) is 0 Å². The number of rotatable bonds is 17. The first-order valence-corrected chi connectivity index (χ1v) is 10.1. The fraction of sp³-hybridized carbons (Fsp3) is 0.857. The summed E-state index contributed by atoms with van der Waals surface area (Å²) in [5.74, 6) is -1.12. The highest BCUT2D eigenvalue weighted by molar-refractivity contribution is 5.76. The Bertz CT molecular complexity index is 321. The van der Waals surface area contributed by atoms with Gasteiger partial charge in [-0.1, -0.05) is 76.9 Å². The van der Waals surface area contributed by atoms with Crippen LogP contribution < -0.4 is 0 Å². The van der Waals surface area contributed by atoms with Crippen molar-refractivity contribution in [2.24, 2.45) is 0 Å². The molecular formula is C21H40O3. The van der Waals surface area contributed by atoms with Gasteiger partial charge in [-0.2, -0.15) is 0 Å². The molecule has 0 bridgehead atoms. The van der Waals surface area contributed by atoms with Crippen LogP contribution in [0, 0.1) is 0 Å². The van der Waals surface area contributed by atoms with Crippen molar-refractivity contribution in [1.82, 2.24) is 0 Å². The number of hydrogen-bond acceptors (Lipinski definition) is 2. The second-order valence-corrected chi connectivity index (χ2v) is 7.27. The van der Waals surface area contributed by atoms with Gasteiger partial charge in [-0.25, -0.2) is 4.79 Å². The van der Waals surface area contributed by atoms with Crippen LogP contribution in [-0.4, -0.2) is 21.8 Å². The van der Waals surface area contributed by atoms with Gasteiger partial charge in [0.1, 0.15) is 0 Å². The Kier molecular flexibility index (Phi) is 15.1. The van der Waals surface area contributed by atoms with Crippen molar-refractivity contribution in [1.29, 1.82) is 0 Å². The minimum atomic E-state index is -1.55. The van der Waals surface area contributed by atoms with Crippen LogP contribution in [0.3, 0.4) is 0 Å². The monoisotopic (exact) mass is 340 g/mol. The number of carboxylic acid groups (broad SMARTS) is 1. The smallest absolute Gasteiger partial charge is 0.335 e. The van der Waals surface area contributed by atoms with E-state index in [1.165, 1.54) is 77.6 Å². The van der Waals surface area contributed by atoms with Crippen molar-refractivity contribution in [3.63, 3.8) is 0 Å². The number of carbonyl (C=O) groups is 1. The standard InChI is InChI=1S/C21H40O3/c1-3-4-5-6-7-8-9-10-11-12-13-14-15-16-17-18-19-21(2,24)20(22)23/h10-11,24H,3-9,12-19H2,1-2H3,(H,22,23)/b11-10-. The lowest BCUT2D eigenvalue weighted by atomic mass is 9.98. The SMILES string of the molecule is CCCCCCCC/C=C\CCCCCCCCC(C)(O)C(=O)O. The van der Waals surface area contributed by atoms with Crippen LogP contribution in [0.15, 0.2) is 12.2 Å². The third kappa shape index (κ3) is 14.7. The van der Waals surface area contributed by atoms with Gasteiger partial charge in [-0.3, -0.25) is 0 Å². The third-order valence-corrected chi connectivity index (χ3v) is 4.64. The van der Waals surface area contributed by atoms with Crippen molar-refractivity contribution in [2.75, 3.05) is 0 Å². The summed E-state index contributed by atoms with van der Waals surface area (Å²) >= 11 is 0. The minimum absolute atomic E-state index is 0.351. The van der Waals surface area contributed by atoms with Crippen molar-refractivity contribution in [3.8, 4) is 0 Å². The predicted octanol–water partition coefficient (Wildman–Crippen LogP) is 6.25. The maximum Gasteiger partial charge on any atom is 0.335 e. The summed E-state index contributed by atoms with van der Waals surface area (Å²) in [4.78, 5) is 10.8. The Labute approximate surface area is 149 Å². The molecule has 3 nitrogen and oxygen atoms in total. The molecule has 0 saturated carbocycles. The Balaban J connectivity index is 3.25. The van der Waals surface area contributed by atoms with Gasteiger partial charge in [0.15, 0.2) is 5.60 Å². The molecule has 0 aromatic carbocycles. The molecule has 0 amide bonds. The highest BCUT2D eigenvalue weighted by Crippen LogP contribution is 2.16. The van der Waals surface area contributed by atoms with E-state index in [1.54, 1.807) is 0 Å². The fourth-order valence-electron chi connectivity index (χ4n) is 2.82. The highest BCUT2D eigenvalue weighted by atomic mass is 16.4. The molecule has 0 radical (unpaired) electrons. The van der Waals surface area contributed by atoms with E-state index in [9.17, 15) is 9.90 Å². The van der Waals surface area contributed by atoms with E-state index in [0.29, 0.717) is 6.42 Å². The number of allylic oxidation sites excluding steroid dienone is 2. The lowest BCUT2D eigenvalue weighted by Gasteiger charge is -2.17. The lowest BCUT2D eigenvalue weighted by molar-refractivity contribution is -0.157. The van der Waals surface area contributed by atoms with E-state index in [4.69, 9.17) is 5.11 Å². The molecule has 0 saturated heterocycles. The van der Waals surface area contributed by atoms with E-state index in [2.05, 4.69) is 19.1 Å². The number of aliphatic hydroxyl groups is 1. The van der Waals surface area contributed by atoms with Crippen LogP contribution >= 0.6 is 0 Å². The minimum Gasteiger partial charge on any atom is -0.479 e. The summed E-state index contributed by atoms with van der Waals surface area (Å²) in [7, 11) is 0. The Morgan fingerprint density at radius 2 is 1.21 bits per heavy atom. The maximum atomic E-state index is 10.8. The van der Waals surface area contributed by atoms with E-state index in [1.807, 2.05) is 0 Å². The topological polar surface area (TPSA) is 57.5 Å². The van der Waals surface area contributed by atoms with E-state index < -0.39 is 11.6 Å². The van der Waals surface area contributed by atoms with Crippen molar-refractivity contribution in [3.05, 3.63) is 12.2 Å². The summed E-state index contributed by atoms with van der Waals surface area (Å²) in [6.45, 7) is 3.64. The molecule has 1 atom stereocenters. The quantitative estimate of drug-likeness (QED) is 0.243. The zero-order valence-corrected chi connectivity index (χ0v) is 16.1. The number of hydrogen-bond donors (Lipinski definition) is 2. The molecule has 3 heteroatoms. The first-order valence-electron chi connectivity index (χ1n) is 10.1. The molecule has 0 spiro atoms. The summed E-state index contributed by atoms with van der Waals surface area (Å²) in [6.07, 6.45) is 22.3. The van der Waals surface area contributed by atoms with Crippen LogP contribution in [0.5, 0.6) is 0 Å². The Hall–Kier alpha value is -0.830. The van der Waals surface area contributed by atoms with Crippen LogP contribution in [0.4, 0.5) is 0 Å². The van der Waals surface area contributed by atoms with E-state index in [-0.39, 0.29) is 0 Å². The van der Waals surface area contributed by atoms with Gasteiger partial charge in [-0.05, 0) is 45.4 Å². The van der Waals surface area contributed by atoms with Crippen LogP contribution in [0.25, 0.3) is 0 Å². The molecule has 0 aliphatic rings. The lowest BCUT2D eigenvalue weighted by Crippen LogP contribution is -2.34. The van der Waals surface area contributed by atoms with Crippen LogP contribution in [0.1, 0.15) is 110 Å². The zero-order valence-electron chi connectivity index (χ0n) is 16.1. The molecule has 2 N–H and O–H groups in total. The number of carboxylic acids is 1. The normalized spacial score (nSPS) is 14.1. The molecule has 0 fully saturated rings. The Morgan fingerprint density at radius 1 is 0.792 bits per heavy atom. The zero-order chi connectivity index (χ0) is 18.1. The first kappa shape index (κ1) is 23.2. The van der Waals surface area contributed by atoms with Gasteiger partial charge in [0, 0.05) is 0 Å². The average molecular weight is 341 g/mol. The van der Waals surface area contributed by atoms with Gasteiger partial charge < -0.3 is 10.2 Å². The summed E-state index contributed by atoms with van der Waals surface area (Å²) in [6, 6.07) is 0. The molecular weight excluding hydrogens is 300 g/mol. The summed E-state index contributed by atoms with van der Waals surface area (Å²) in [5.41, 5.74) is -1.55. The van der Waals surface area contributed by atoms with E-state index >= 15 is 0 Å².